The number of halogens is 6. The maximum absolute atomic E-state index is 12.9. The zero-order valence-corrected chi connectivity index (χ0v) is 16.2. The third kappa shape index (κ3) is 5.63. The third-order valence-corrected chi connectivity index (χ3v) is 6.05. The minimum atomic E-state index is -5.19. The van der Waals surface area contributed by atoms with Crippen molar-refractivity contribution in [2.24, 2.45) is 0 Å². The van der Waals surface area contributed by atoms with Crippen molar-refractivity contribution in [2.75, 3.05) is 0 Å². The van der Waals surface area contributed by atoms with Gasteiger partial charge in [0.2, 0.25) is 0 Å². The normalized spacial score (nSPS) is 12.1. The topological polar surface area (TPSA) is 18.5 Å². The molecule has 0 aliphatic heterocycles. The molecule has 0 aliphatic rings. The lowest BCUT2D eigenvalue weighted by molar-refractivity contribution is -0.287. The maximum Gasteiger partial charge on any atom is 0.573 e. The summed E-state index contributed by atoms with van der Waals surface area (Å²) in [6.45, 7) is 1.24. The van der Waals surface area contributed by atoms with E-state index >= 15 is 0 Å². The number of hydrogen-bond donors (Lipinski definition) is 0. The van der Waals surface area contributed by atoms with Crippen molar-refractivity contribution in [3.8, 4) is 11.5 Å². The lowest BCUT2D eigenvalue weighted by Gasteiger charge is -2.18. The van der Waals surface area contributed by atoms with E-state index in [4.69, 9.17) is 0 Å². The van der Waals surface area contributed by atoms with Crippen LogP contribution in [0.3, 0.4) is 0 Å². The molecule has 0 N–H and O–H groups in total. The van der Waals surface area contributed by atoms with E-state index in [0.717, 1.165) is 15.9 Å². The minimum absolute atomic E-state index is 0.131. The summed E-state index contributed by atoms with van der Waals surface area (Å²) in [4.78, 5) is 1.93. The number of hydrogen-bond acceptors (Lipinski definition) is 2. The SMILES string of the molecule is Cc1cc([S+](c2ccccc2)c2ccccc2)cc(OC(F)(F)F)c1OC(F)(F)F. The molecular formula is C21H15F6O2S+. The molecule has 0 bridgehead atoms. The molecule has 0 fully saturated rings. The van der Waals surface area contributed by atoms with E-state index in [1.54, 1.807) is 60.7 Å². The molecule has 158 valence electrons. The second kappa shape index (κ2) is 8.51. The molecule has 30 heavy (non-hydrogen) atoms. The molecule has 0 heterocycles. The van der Waals surface area contributed by atoms with Crippen LogP contribution in [0.15, 0.2) is 87.5 Å². The standard InChI is InChI=1S/C21H15F6O2S/c1-14-12-17(13-18(28-20(22,23)24)19(14)29-21(25,26)27)30(15-8-4-2-5-9-15)16-10-6-3-7-11-16/h2-13H,1H3/q+1. The Kier molecular flexibility index (Phi) is 6.21. The predicted octanol–water partition coefficient (Wildman–Crippen LogP) is 6.89. The zero-order valence-electron chi connectivity index (χ0n) is 15.4. The summed E-state index contributed by atoms with van der Waals surface area (Å²) < 4.78 is 84.8. The van der Waals surface area contributed by atoms with Crippen molar-refractivity contribution in [1.82, 2.24) is 0 Å². The van der Waals surface area contributed by atoms with Crippen LogP contribution in [0.2, 0.25) is 0 Å². The van der Waals surface area contributed by atoms with Crippen molar-refractivity contribution >= 4 is 10.9 Å². The van der Waals surface area contributed by atoms with Crippen LogP contribution in [0.4, 0.5) is 26.3 Å². The number of ether oxygens (including phenoxy) is 2. The number of benzene rings is 3. The van der Waals surface area contributed by atoms with Gasteiger partial charge in [0.1, 0.15) is 0 Å². The molecule has 0 saturated carbocycles. The Balaban J connectivity index is 2.19. The van der Waals surface area contributed by atoms with Crippen molar-refractivity contribution in [3.63, 3.8) is 0 Å². The molecule has 2 nitrogen and oxygen atoms in total. The van der Waals surface area contributed by atoms with Crippen LogP contribution < -0.4 is 9.47 Å². The molecule has 9 heteroatoms. The Morgan fingerprint density at radius 2 is 1.10 bits per heavy atom. The number of alkyl halides is 6. The Hall–Kier alpha value is -2.81. The summed E-state index contributed by atoms with van der Waals surface area (Å²) in [6.07, 6.45) is -10.4. The molecule has 3 rings (SSSR count). The van der Waals surface area contributed by atoms with Gasteiger partial charge < -0.3 is 9.47 Å². The highest BCUT2D eigenvalue weighted by Crippen LogP contribution is 2.42. The van der Waals surface area contributed by atoms with Crippen LogP contribution in [0.25, 0.3) is 0 Å². The maximum atomic E-state index is 12.9. The molecule has 0 radical (unpaired) electrons. The zero-order chi connectivity index (χ0) is 21.9. The van der Waals surface area contributed by atoms with Crippen LogP contribution in [-0.2, 0) is 10.9 Å². The van der Waals surface area contributed by atoms with E-state index in [1.165, 1.54) is 13.0 Å². The molecule has 0 saturated heterocycles. The van der Waals surface area contributed by atoms with Gasteiger partial charge >= 0.3 is 12.7 Å². The van der Waals surface area contributed by atoms with Gasteiger partial charge in [0.05, 0.1) is 10.9 Å². The smallest absolute Gasteiger partial charge is 0.402 e. The summed E-state index contributed by atoms with van der Waals surface area (Å²) in [6, 6.07) is 20.2. The predicted molar refractivity (Wildman–Crippen MR) is 99.6 cm³/mol. The van der Waals surface area contributed by atoms with E-state index in [-0.39, 0.29) is 5.56 Å². The Morgan fingerprint density at radius 3 is 1.53 bits per heavy atom. The largest absolute Gasteiger partial charge is 0.573 e. The first-order valence-electron chi connectivity index (χ1n) is 8.54. The van der Waals surface area contributed by atoms with Gasteiger partial charge in [-0.2, -0.15) is 0 Å². The van der Waals surface area contributed by atoms with Crippen LogP contribution >= 0.6 is 0 Å². The molecule has 0 spiro atoms. The molecule has 3 aromatic carbocycles. The average molecular weight is 445 g/mol. The molecule has 3 aromatic rings. The van der Waals surface area contributed by atoms with Crippen molar-refractivity contribution < 1.29 is 35.8 Å². The van der Waals surface area contributed by atoms with Gasteiger partial charge in [0.15, 0.2) is 26.2 Å². The van der Waals surface area contributed by atoms with Crippen LogP contribution in [0.5, 0.6) is 11.5 Å². The van der Waals surface area contributed by atoms with Gasteiger partial charge in [-0.15, -0.1) is 26.3 Å². The monoisotopic (exact) mass is 445 g/mol. The van der Waals surface area contributed by atoms with Crippen LogP contribution in [0, 0.1) is 6.92 Å². The summed E-state index contributed by atoms with van der Waals surface area (Å²) in [5, 5.41) is 0. The second-order valence-electron chi connectivity index (χ2n) is 6.10. The highest BCUT2D eigenvalue weighted by molar-refractivity contribution is 7.97. The van der Waals surface area contributed by atoms with Gasteiger partial charge in [-0.3, -0.25) is 0 Å². The van der Waals surface area contributed by atoms with Crippen molar-refractivity contribution in [1.29, 1.82) is 0 Å². The molecule has 0 amide bonds. The first-order chi connectivity index (χ1) is 14.0. The Bertz CT molecular complexity index is 949. The van der Waals surface area contributed by atoms with Crippen LogP contribution in [-0.4, -0.2) is 12.7 Å². The minimum Gasteiger partial charge on any atom is -0.402 e. The van der Waals surface area contributed by atoms with E-state index in [9.17, 15) is 26.3 Å². The van der Waals surface area contributed by atoms with E-state index in [1.807, 2.05) is 0 Å². The van der Waals surface area contributed by atoms with Gasteiger partial charge in [-0.25, -0.2) is 0 Å². The summed E-state index contributed by atoms with van der Waals surface area (Å²) in [5.41, 5.74) is -0.131. The second-order valence-corrected chi connectivity index (χ2v) is 8.12. The van der Waals surface area contributed by atoms with Gasteiger partial charge in [0, 0.05) is 17.7 Å². The first kappa shape index (κ1) is 21.9. The third-order valence-electron chi connectivity index (χ3n) is 3.85. The molecule has 0 unspecified atom stereocenters. The fourth-order valence-corrected chi connectivity index (χ4v) is 4.99. The van der Waals surface area contributed by atoms with Crippen LogP contribution in [0.1, 0.15) is 5.56 Å². The lowest BCUT2D eigenvalue weighted by atomic mass is 10.2. The number of rotatable bonds is 5. The Morgan fingerprint density at radius 1 is 0.633 bits per heavy atom. The van der Waals surface area contributed by atoms with E-state index in [0.29, 0.717) is 4.90 Å². The molecule has 0 atom stereocenters. The number of aryl methyl sites for hydroxylation is 1. The highest BCUT2D eigenvalue weighted by atomic mass is 32.2. The fraction of sp³-hybridized carbons (Fsp3) is 0.143. The van der Waals surface area contributed by atoms with E-state index in [2.05, 4.69) is 9.47 Å². The van der Waals surface area contributed by atoms with Gasteiger partial charge in [-0.1, -0.05) is 36.4 Å². The highest BCUT2D eigenvalue weighted by Gasteiger charge is 2.39. The molecule has 0 aromatic heterocycles. The van der Waals surface area contributed by atoms with E-state index < -0.39 is 35.1 Å². The Labute approximate surface area is 171 Å². The van der Waals surface area contributed by atoms with Gasteiger partial charge in [-0.05, 0) is 31.2 Å². The molecular weight excluding hydrogens is 430 g/mol. The van der Waals surface area contributed by atoms with Crippen molar-refractivity contribution in [2.45, 2.75) is 34.3 Å². The lowest BCUT2D eigenvalue weighted by Crippen LogP contribution is -2.22. The summed E-state index contributed by atoms with van der Waals surface area (Å²) in [5.74, 6) is -2.06. The quantitative estimate of drug-likeness (QED) is 0.315. The molecule has 0 aliphatic carbocycles. The summed E-state index contributed by atoms with van der Waals surface area (Å²) >= 11 is 0. The fourth-order valence-electron chi connectivity index (χ4n) is 2.80. The first-order valence-corrected chi connectivity index (χ1v) is 9.76. The van der Waals surface area contributed by atoms with Gasteiger partial charge in [0.25, 0.3) is 0 Å². The summed E-state index contributed by atoms with van der Waals surface area (Å²) in [7, 11) is -0.879. The average Bonchev–Trinajstić information content (AvgIpc) is 2.65. The van der Waals surface area contributed by atoms with Crippen molar-refractivity contribution in [3.05, 3.63) is 78.4 Å².